The molecule has 2 aromatic rings. The van der Waals surface area contributed by atoms with Crippen LogP contribution in [0.15, 0.2) is 39.0 Å². The minimum atomic E-state index is -3.57. The van der Waals surface area contributed by atoms with Gasteiger partial charge in [-0.15, -0.1) is 11.3 Å². The molecule has 0 saturated carbocycles. The van der Waals surface area contributed by atoms with Crippen molar-refractivity contribution < 1.29 is 8.42 Å². The zero-order valence-electron chi connectivity index (χ0n) is 11.2. The quantitative estimate of drug-likeness (QED) is 0.769. The minimum absolute atomic E-state index is 0.169. The van der Waals surface area contributed by atoms with E-state index in [0.29, 0.717) is 11.6 Å². The van der Waals surface area contributed by atoms with Gasteiger partial charge in [-0.1, -0.05) is 17.7 Å². The van der Waals surface area contributed by atoms with E-state index in [9.17, 15) is 8.42 Å². The van der Waals surface area contributed by atoms with Crippen molar-refractivity contribution in [3.63, 3.8) is 0 Å². The van der Waals surface area contributed by atoms with Gasteiger partial charge >= 0.3 is 0 Å². The van der Waals surface area contributed by atoms with E-state index in [-0.39, 0.29) is 11.4 Å². The molecule has 114 valence electrons. The van der Waals surface area contributed by atoms with Crippen molar-refractivity contribution in [3.8, 4) is 0 Å². The first-order chi connectivity index (χ1) is 9.92. The average Bonchev–Trinajstić information content (AvgIpc) is 2.85. The maximum atomic E-state index is 12.2. The Morgan fingerprint density at radius 3 is 2.62 bits per heavy atom. The minimum Gasteiger partial charge on any atom is -0.316 e. The summed E-state index contributed by atoms with van der Waals surface area (Å²) in [5.74, 6) is 0. The molecule has 0 unspecified atom stereocenters. The Hall–Kier alpha value is -0.440. The van der Waals surface area contributed by atoms with E-state index in [1.54, 1.807) is 12.1 Å². The molecule has 0 saturated heterocycles. The number of benzene rings is 1. The second-order valence-corrected chi connectivity index (χ2v) is 8.42. The van der Waals surface area contributed by atoms with Gasteiger partial charge in [0.25, 0.3) is 0 Å². The average molecular weight is 410 g/mol. The molecule has 1 heterocycles. The van der Waals surface area contributed by atoms with Crippen molar-refractivity contribution in [3.05, 3.63) is 49.6 Å². The summed E-state index contributed by atoms with van der Waals surface area (Å²) in [4.78, 5) is 1.10. The molecule has 2 N–H and O–H groups in total. The largest absolute Gasteiger partial charge is 0.316 e. The maximum Gasteiger partial charge on any atom is 0.240 e. The summed E-state index contributed by atoms with van der Waals surface area (Å²) in [5.41, 5.74) is 0.861. The second kappa shape index (κ2) is 7.21. The fourth-order valence-corrected chi connectivity index (χ4v) is 4.55. The fraction of sp³-hybridized carbons (Fsp3) is 0.231. The first-order valence-corrected chi connectivity index (χ1v) is 9.61. The van der Waals surface area contributed by atoms with Gasteiger partial charge in [0, 0.05) is 32.8 Å². The van der Waals surface area contributed by atoms with Gasteiger partial charge in [-0.3, -0.25) is 0 Å². The van der Waals surface area contributed by atoms with Crippen LogP contribution < -0.4 is 10.0 Å². The van der Waals surface area contributed by atoms with Crippen LogP contribution in [0.3, 0.4) is 0 Å². The van der Waals surface area contributed by atoms with Gasteiger partial charge in [-0.05, 0) is 46.7 Å². The standard InChI is InChI=1S/C13H14BrClN2O2S2/c1-16-6-9-2-3-12(5-13(9)15)21(18,19)17-7-11-4-10(14)8-20-11/h2-5,8,16-17H,6-7H2,1H3. The van der Waals surface area contributed by atoms with E-state index in [2.05, 4.69) is 26.0 Å². The van der Waals surface area contributed by atoms with Gasteiger partial charge in [-0.2, -0.15) is 0 Å². The molecule has 0 atom stereocenters. The molecule has 0 amide bonds. The third kappa shape index (κ3) is 4.51. The number of sulfonamides is 1. The Labute approximate surface area is 141 Å². The van der Waals surface area contributed by atoms with Crippen LogP contribution in [-0.4, -0.2) is 15.5 Å². The third-order valence-corrected chi connectivity index (χ3v) is 6.21. The molecule has 1 aromatic carbocycles. The highest BCUT2D eigenvalue weighted by molar-refractivity contribution is 9.10. The van der Waals surface area contributed by atoms with Gasteiger partial charge in [0.15, 0.2) is 0 Å². The van der Waals surface area contributed by atoms with Gasteiger partial charge in [0.05, 0.1) is 4.90 Å². The molecule has 0 aliphatic heterocycles. The predicted octanol–water partition coefficient (Wildman–Crippen LogP) is 3.36. The van der Waals surface area contributed by atoms with Gasteiger partial charge in [0.2, 0.25) is 10.0 Å². The molecule has 1 aromatic heterocycles. The molecule has 0 radical (unpaired) electrons. The molecule has 0 bridgehead atoms. The monoisotopic (exact) mass is 408 g/mol. The van der Waals surface area contributed by atoms with Crippen molar-refractivity contribution in [2.24, 2.45) is 0 Å². The Bertz CT molecular complexity index is 732. The van der Waals surface area contributed by atoms with Crippen LogP contribution in [0.4, 0.5) is 0 Å². The summed E-state index contributed by atoms with van der Waals surface area (Å²) in [6.07, 6.45) is 0. The highest BCUT2D eigenvalue weighted by Crippen LogP contribution is 2.22. The van der Waals surface area contributed by atoms with Crippen LogP contribution >= 0.6 is 38.9 Å². The van der Waals surface area contributed by atoms with Crippen LogP contribution in [0.25, 0.3) is 0 Å². The molecule has 21 heavy (non-hydrogen) atoms. The summed E-state index contributed by atoms with van der Waals surface area (Å²) in [7, 11) is -1.76. The Morgan fingerprint density at radius 2 is 2.05 bits per heavy atom. The summed E-state index contributed by atoms with van der Waals surface area (Å²) >= 11 is 10.9. The van der Waals surface area contributed by atoms with E-state index in [0.717, 1.165) is 14.9 Å². The van der Waals surface area contributed by atoms with Crippen LogP contribution in [0.5, 0.6) is 0 Å². The summed E-state index contributed by atoms with van der Waals surface area (Å²) < 4.78 is 28.0. The number of hydrogen-bond acceptors (Lipinski definition) is 4. The lowest BCUT2D eigenvalue weighted by Gasteiger charge is -2.08. The summed E-state index contributed by atoms with van der Waals surface area (Å²) in [5, 5.41) is 5.33. The number of hydrogen-bond donors (Lipinski definition) is 2. The van der Waals surface area contributed by atoms with Crippen molar-refractivity contribution in [2.75, 3.05) is 7.05 Å². The number of halogens is 2. The molecule has 2 rings (SSSR count). The Kier molecular flexibility index (Phi) is 5.81. The van der Waals surface area contributed by atoms with E-state index in [1.165, 1.54) is 17.4 Å². The Balaban J connectivity index is 2.13. The van der Waals surface area contributed by atoms with Crippen molar-refractivity contribution in [2.45, 2.75) is 18.0 Å². The van der Waals surface area contributed by atoms with E-state index in [1.807, 2.05) is 18.5 Å². The molecule has 0 aliphatic rings. The van der Waals surface area contributed by atoms with Crippen LogP contribution in [-0.2, 0) is 23.1 Å². The molecule has 4 nitrogen and oxygen atoms in total. The topological polar surface area (TPSA) is 58.2 Å². The summed E-state index contributed by atoms with van der Waals surface area (Å²) in [6.45, 7) is 0.851. The second-order valence-electron chi connectivity index (χ2n) is 4.34. The van der Waals surface area contributed by atoms with Gasteiger partial charge < -0.3 is 5.32 Å². The molecule has 0 aliphatic carbocycles. The number of thiophene rings is 1. The molecule has 8 heteroatoms. The third-order valence-electron chi connectivity index (χ3n) is 2.76. The lowest BCUT2D eigenvalue weighted by molar-refractivity contribution is 0.581. The smallest absolute Gasteiger partial charge is 0.240 e. The van der Waals surface area contributed by atoms with Crippen molar-refractivity contribution >= 4 is 48.9 Å². The normalized spacial score (nSPS) is 11.8. The van der Waals surface area contributed by atoms with Gasteiger partial charge in [0.1, 0.15) is 0 Å². The predicted molar refractivity (Wildman–Crippen MR) is 90.3 cm³/mol. The zero-order chi connectivity index (χ0) is 15.5. The summed E-state index contributed by atoms with van der Waals surface area (Å²) in [6, 6.07) is 6.64. The Morgan fingerprint density at radius 1 is 1.29 bits per heavy atom. The fourth-order valence-electron chi connectivity index (χ4n) is 1.72. The van der Waals surface area contributed by atoms with Gasteiger partial charge in [-0.25, -0.2) is 13.1 Å². The van der Waals surface area contributed by atoms with Crippen molar-refractivity contribution in [1.29, 1.82) is 0 Å². The first-order valence-electron chi connectivity index (χ1n) is 6.08. The number of nitrogens with one attached hydrogen (secondary N) is 2. The van der Waals surface area contributed by atoms with Crippen molar-refractivity contribution in [1.82, 2.24) is 10.0 Å². The van der Waals surface area contributed by atoms with E-state index >= 15 is 0 Å². The molecule has 0 spiro atoms. The number of rotatable bonds is 6. The highest BCUT2D eigenvalue weighted by atomic mass is 79.9. The molecular formula is C13H14BrClN2O2S2. The molecular weight excluding hydrogens is 396 g/mol. The lowest BCUT2D eigenvalue weighted by atomic mass is 10.2. The van der Waals surface area contributed by atoms with Crippen LogP contribution in [0.2, 0.25) is 5.02 Å². The SMILES string of the molecule is CNCc1ccc(S(=O)(=O)NCc2cc(Br)cs2)cc1Cl. The van der Waals surface area contributed by atoms with Crippen LogP contribution in [0.1, 0.15) is 10.4 Å². The van der Waals surface area contributed by atoms with E-state index in [4.69, 9.17) is 11.6 Å². The van der Waals surface area contributed by atoms with E-state index < -0.39 is 10.0 Å². The maximum absolute atomic E-state index is 12.2. The highest BCUT2D eigenvalue weighted by Gasteiger charge is 2.15. The first kappa shape index (κ1) is 16.9. The van der Waals surface area contributed by atoms with Crippen LogP contribution in [0, 0.1) is 0 Å². The lowest BCUT2D eigenvalue weighted by Crippen LogP contribution is -2.23. The molecule has 0 fully saturated rings. The zero-order valence-corrected chi connectivity index (χ0v) is 15.2.